The first-order valence-electron chi connectivity index (χ1n) is 12.4. The minimum atomic E-state index is -0.584. The third kappa shape index (κ3) is 5.83. The molecular weight excluding hydrogens is 448 g/mol. The predicted octanol–water partition coefficient (Wildman–Crippen LogP) is 4.78. The van der Waals surface area contributed by atoms with E-state index in [1.807, 2.05) is 45.0 Å². The van der Waals surface area contributed by atoms with E-state index in [0.29, 0.717) is 37.3 Å². The molecule has 0 bridgehead atoms. The van der Waals surface area contributed by atoms with E-state index in [2.05, 4.69) is 15.2 Å². The Bertz CT molecular complexity index is 1040. The zero-order valence-electron chi connectivity index (χ0n) is 20.8. The Balaban J connectivity index is 1.38. The van der Waals surface area contributed by atoms with Crippen LogP contribution in [0.1, 0.15) is 74.8 Å². The molecule has 0 aliphatic carbocycles. The number of piperidine rings is 2. The Morgan fingerprint density at radius 1 is 1.00 bits per heavy atom. The van der Waals surface area contributed by atoms with Crippen molar-refractivity contribution in [3.05, 3.63) is 35.5 Å². The van der Waals surface area contributed by atoms with Crippen LogP contribution in [-0.4, -0.2) is 63.9 Å². The molecule has 2 aliphatic rings. The summed E-state index contributed by atoms with van der Waals surface area (Å²) in [7, 11) is 0. The van der Waals surface area contributed by atoms with Gasteiger partial charge in [-0.25, -0.2) is 4.79 Å². The number of amides is 2. The molecule has 4 N–H and O–H groups in total. The lowest BCUT2D eigenvalue weighted by Gasteiger charge is -2.33. The van der Waals surface area contributed by atoms with Crippen molar-refractivity contribution in [2.24, 2.45) is 0 Å². The number of H-pyrrole nitrogens is 1. The van der Waals surface area contributed by atoms with E-state index in [9.17, 15) is 19.8 Å². The summed E-state index contributed by atoms with van der Waals surface area (Å²) in [6, 6.07) is 7.61. The number of nitrogens with one attached hydrogen (secondary N) is 2. The largest absolute Gasteiger partial charge is 0.505 e. The molecule has 35 heavy (non-hydrogen) atoms. The number of benzene rings is 1. The first-order chi connectivity index (χ1) is 16.6. The molecule has 0 atom stereocenters. The van der Waals surface area contributed by atoms with Crippen molar-refractivity contribution in [2.75, 3.05) is 36.4 Å². The molecule has 2 saturated heterocycles. The lowest BCUT2D eigenvalue weighted by atomic mass is 9.93. The van der Waals surface area contributed by atoms with Crippen LogP contribution < -0.4 is 10.2 Å². The molecular formula is C26H36N4O5. The molecule has 9 nitrogen and oxygen atoms in total. The molecule has 0 radical (unpaired) electrons. The molecule has 3 heterocycles. The Morgan fingerprint density at radius 3 is 2.23 bits per heavy atom. The molecule has 1 aromatic heterocycles. The minimum absolute atomic E-state index is 0.120. The highest BCUT2D eigenvalue weighted by Gasteiger charge is 2.32. The van der Waals surface area contributed by atoms with Gasteiger partial charge in [-0.2, -0.15) is 0 Å². The average Bonchev–Trinajstić information content (AvgIpc) is 3.13. The molecule has 0 saturated carbocycles. The maximum Gasteiger partial charge on any atom is 0.410 e. The van der Waals surface area contributed by atoms with Crippen LogP contribution in [0.25, 0.3) is 0 Å². The third-order valence-electron chi connectivity index (χ3n) is 6.61. The minimum Gasteiger partial charge on any atom is -0.505 e. The van der Waals surface area contributed by atoms with Crippen molar-refractivity contribution in [1.29, 1.82) is 0 Å². The molecule has 2 amide bonds. The van der Waals surface area contributed by atoms with Gasteiger partial charge in [-0.1, -0.05) is 0 Å². The Hall–Kier alpha value is -3.36. The summed E-state index contributed by atoms with van der Waals surface area (Å²) in [5.74, 6) is -1.32. The first kappa shape index (κ1) is 24.8. The summed E-state index contributed by atoms with van der Waals surface area (Å²) in [6.07, 6.45) is 4.43. The summed E-state index contributed by atoms with van der Waals surface area (Å²) in [5.41, 5.74) is 1.39. The van der Waals surface area contributed by atoms with Crippen LogP contribution >= 0.6 is 0 Å². The summed E-state index contributed by atoms with van der Waals surface area (Å²) < 4.78 is 5.43. The number of anilines is 2. The van der Waals surface area contributed by atoms with Gasteiger partial charge in [0.1, 0.15) is 11.2 Å². The van der Waals surface area contributed by atoms with E-state index < -0.39 is 11.5 Å². The molecule has 9 heteroatoms. The predicted molar refractivity (Wildman–Crippen MR) is 134 cm³/mol. The molecule has 2 fully saturated rings. The number of nitrogens with zero attached hydrogens (tertiary/aromatic N) is 2. The summed E-state index contributed by atoms with van der Waals surface area (Å²) in [4.78, 5) is 31.9. The van der Waals surface area contributed by atoms with Crippen molar-refractivity contribution in [3.8, 4) is 11.6 Å². The lowest BCUT2D eigenvalue weighted by molar-refractivity contribution is 0.0203. The van der Waals surface area contributed by atoms with Crippen molar-refractivity contribution < 1.29 is 24.5 Å². The normalized spacial score (nSPS) is 17.3. The first-order valence-corrected chi connectivity index (χ1v) is 12.4. The van der Waals surface area contributed by atoms with Gasteiger partial charge in [0.2, 0.25) is 5.88 Å². The molecule has 190 valence electrons. The molecule has 0 unspecified atom stereocenters. The summed E-state index contributed by atoms with van der Waals surface area (Å²) in [6.45, 7) is 8.48. The van der Waals surface area contributed by atoms with Gasteiger partial charge in [0, 0.05) is 43.5 Å². The van der Waals surface area contributed by atoms with E-state index in [1.54, 1.807) is 4.90 Å². The van der Waals surface area contributed by atoms with Gasteiger partial charge in [0.25, 0.3) is 5.91 Å². The second-order valence-electron chi connectivity index (χ2n) is 10.4. The second kappa shape index (κ2) is 10.1. The second-order valence-corrected chi connectivity index (χ2v) is 10.4. The van der Waals surface area contributed by atoms with Crippen molar-refractivity contribution in [3.63, 3.8) is 0 Å². The highest BCUT2D eigenvalue weighted by molar-refractivity contribution is 6.08. The van der Waals surface area contributed by atoms with E-state index in [4.69, 9.17) is 4.74 Å². The highest BCUT2D eigenvalue weighted by atomic mass is 16.6. The fraction of sp³-hybridized carbons (Fsp3) is 0.538. The number of carbonyl (C=O) groups is 2. The van der Waals surface area contributed by atoms with Gasteiger partial charge in [0.15, 0.2) is 5.75 Å². The van der Waals surface area contributed by atoms with Crippen LogP contribution in [0.15, 0.2) is 24.3 Å². The van der Waals surface area contributed by atoms with Crippen molar-refractivity contribution in [1.82, 2.24) is 9.88 Å². The quantitative estimate of drug-likeness (QED) is 0.496. The zero-order chi connectivity index (χ0) is 25.2. The van der Waals surface area contributed by atoms with E-state index >= 15 is 0 Å². The highest BCUT2D eigenvalue weighted by Crippen LogP contribution is 2.40. The topological polar surface area (TPSA) is 118 Å². The Kier molecular flexibility index (Phi) is 7.14. The van der Waals surface area contributed by atoms with E-state index in [1.165, 1.54) is 19.3 Å². The number of aromatic amines is 1. The van der Waals surface area contributed by atoms with Crippen LogP contribution in [-0.2, 0) is 4.74 Å². The Labute approximate surface area is 206 Å². The van der Waals surface area contributed by atoms with Crippen LogP contribution in [0.4, 0.5) is 16.2 Å². The third-order valence-corrected chi connectivity index (χ3v) is 6.61. The van der Waals surface area contributed by atoms with Crippen LogP contribution in [0, 0.1) is 0 Å². The van der Waals surface area contributed by atoms with Crippen LogP contribution in [0.2, 0.25) is 0 Å². The standard InChI is InChI=1S/C26H36N4O5/c1-26(2,3)35-25(34)30-15-11-17(12-16-30)21-22(31)20(24(33)28-21)23(32)27-18-7-9-19(10-8-18)29-13-5-4-6-14-29/h7-10,17,28,31,33H,4-6,11-16H2,1-3H3,(H,27,32). The number of likely N-dealkylation sites (tertiary alicyclic amines) is 1. The van der Waals surface area contributed by atoms with Crippen LogP contribution in [0.3, 0.4) is 0 Å². The molecule has 0 spiro atoms. The van der Waals surface area contributed by atoms with Gasteiger partial charge < -0.3 is 35.1 Å². The number of carbonyl (C=O) groups excluding carboxylic acids is 2. The number of ether oxygens (including phenoxy) is 1. The smallest absolute Gasteiger partial charge is 0.410 e. The average molecular weight is 485 g/mol. The molecule has 4 rings (SSSR count). The molecule has 2 aromatic rings. The number of rotatable bonds is 4. The van der Waals surface area contributed by atoms with Gasteiger partial charge in [-0.15, -0.1) is 0 Å². The summed E-state index contributed by atoms with van der Waals surface area (Å²) >= 11 is 0. The van der Waals surface area contributed by atoms with E-state index in [0.717, 1.165) is 18.8 Å². The number of aromatic nitrogens is 1. The van der Waals surface area contributed by atoms with Gasteiger partial charge >= 0.3 is 6.09 Å². The van der Waals surface area contributed by atoms with Gasteiger partial charge in [0.05, 0.1) is 5.69 Å². The molecule has 1 aromatic carbocycles. The number of hydrogen-bond acceptors (Lipinski definition) is 6. The zero-order valence-corrected chi connectivity index (χ0v) is 20.8. The summed E-state index contributed by atoms with van der Waals surface area (Å²) in [5, 5.41) is 24.0. The van der Waals surface area contributed by atoms with Crippen LogP contribution in [0.5, 0.6) is 11.6 Å². The maximum atomic E-state index is 12.9. The van der Waals surface area contributed by atoms with Gasteiger partial charge in [-0.05, 0) is 77.1 Å². The van der Waals surface area contributed by atoms with E-state index in [-0.39, 0.29) is 29.2 Å². The maximum absolute atomic E-state index is 12.9. The number of aromatic hydroxyl groups is 2. The SMILES string of the molecule is CC(C)(C)OC(=O)N1CCC(c2[nH]c(O)c(C(=O)Nc3ccc(N4CCCCC4)cc3)c2O)CC1. The van der Waals surface area contributed by atoms with Crippen molar-refractivity contribution in [2.45, 2.75) is 64.4 Å². The van der Waals surface area contributed by atoms with Crippen molar-refractivity contribution >= 4 is 23.4 Å². The molecule has 2 aliphatic heterocycles. The fourth-order valence-corrected chi connectivity index (χ4v) is 4.79. The fourth-order valence-electron chi connectivity index (χ4n) is 4.79. The van der Waals surface area contributed by atoms with Gasteiger partial charge in [-0.3, -0.25) is 4.79 Å². The monoisotopic (exact) mass is 484 g/mol. The number of hydrogen-bond donors (Lipinski definition) is 4. The lowest BCUT2D eigenvalue weighted by Crippen LogP contribution is -2.41. The Morgan fingerprint density at radius 2 is 1.63 bits per heavy atom.